The van der Waals surface area contributed by atoms with Crippen LogP contribution in [0.3, 0.4) is 0 Å². The van der Waals surface area contributed by atoms with Crippen molar-refractivity contribution in [2.45, 2.75) is 4.90 Å². The van der Waals surface area contributed by atoms with Gasteiger partial charge in [0.2, 0.25) is 10.0 Å². The van der Waals surface area contributed by atoms with Gasteiger partial charge in [0.15, 0.2) is 0 Å². The van der Waals surface area contributed by atoms with Crippen molar-refractivity contribution in [1.29, 1.82) is 0 Å². The fourth-order valence-corrected chi connectivity index (χ4v) is 5.06. The van der Waals surface area contributed by atoms with Crippen LogP contribution < -0.4 is 9.47 Å². The molecular weight excluding hydrogens is 464 g/mol. The zero-order valence-corrected chi connectivity index (χ0v) is 18.4. The van der Waals surface area contributed by atoms with Crippen LogP contribution in [0.4, 0.5) is 0 Å². The summed E-state index contributed by atoms with van der Waals surface area (Å²) in [6, 6.07) is 9.21. The number of aromatic hydroxyl groups is 1. The van der Waals surface area contributed by atoms with E-state index in [1.165, 1.54) is 35.6 Å². The minimum absolute atomic E-state index is 0.0174. The number of hydrogen-bond acceptors (Lipinski definition) is 6. The van der Waals surface area contributed by atoms with Gasteiger partial charge in [-0.05, 0) is 30.3 Å². The molecule has 1 aliphatic rings. The maximum absolute atomic E-state index is 13.1. The first-order valence-corrected chi connectivity index (χ1v) is 11.0. The van der Waals surface area contributed by atoms with Gasteiger partial charge in [-0.25, -0.2) is 8.42 Å². The van der Waals surface area contributed by atoms with Gasteiger partial charge in [0.05, 0.1) is 19.8 Å². The summed E-state index contributed by atoms with van der Waals surface area (Å²) in [5, 5.41) is 9.97. The van der Waals surface area contributed by atoms with Crippen LogP contribution in [0, 0.1) is 0 Å². The summed E-state index contributed by atoms with van der Waals surface area (Å²) < 4.78 is 38.6. The molecule has 2 aromatic carbocycles. The average Bonchev–Trinajstić information content (AvgIpc) is 2.74. The lowest BCUT2D eigenvalue weighted by atomic mass is 10.1. The zero-order chi connectivity index (χ0) is 21.2. The van der Waals surface area contributed by atoms with Crippen molar-refractivity contribution in [1.82, 2.24) is 9.21 Å². The second-order valence-corrected chi connectivity index (χ2v) is 9.20. The van der Waals surface area contributed by atoms with Crippen LogP contribution in [0.15, 0.2) is 45.8 Å². The monoisotopic (exact) mass is 484 g/mol. The van der Waals surface area contributed by atoms with Gasteiger partial charge in [0, 0.05) is 36.7 Å². The Morgan fingerprint density at radius 1 is 1.03 bits per heavy atom. The molecular formula is C19H21BrN2O6S. The molecule has 1 saturated heterocycles. The number of phenols is 1. The zero-order valence-electron chi connectivity index (χ0n) is 16.0. The van der Waals surface area contributed by atoms with Gasteiger partial charge < -0.3 is 19.5 Å². The Hall–Kier alpha value is -2.30. The normalized spacial score (nSPS) is 15.2. The van der Waals surface area contributed by atoms with Gasteiger partial charge in [-0.3, -0.25) is 4.79 Å². The molecule has 0 spiro atoms. The molecule has 0 aromatic heterocycles. The van der Waals surface area contributed by atoms with Crippen molar-refractivity contribution >= 4 is 31.9 Å². The Morgan fingerprint density at radius 2 is 1.72 bits per heavy atom. The lowest BCUT2D eigenvalue weighted by Crippen LogP contribution is -2.50. The third-order valence-electron chi connectivity index (χ3n) is 4.70. The Balaban J connectivity index is 1.78. The van der Waals surface area contributed by atoms with Crippen molar-refractivity contribution < 1.29 is 27.8 Å². The smallest absolute Gasteiger partial charge is 0.257 e. The van der Waals surface area contributed by atoms with E-state index in [2.05, 4.69) is 15.9 Å². The summed E-state index contributed by atoms with van der Waals surface area (Å²) in [5.74, 6) is 0.167. The van der Waals surface area contributed by atoms with E-state index in [0.29, 0.717) is 10.2 Å². The summed E-state index contributed by atoms with van der Waals surface area (Å²) in [7, 11) is -0.970. The minimum Gasteiger partial charge on any atom is -0.507 e. The topological polar surface area (TPSA) is 96.4 Å². The number of nitrogens with zero attached hydrogens (tertiary/aromatic N) is 2. The molecule has 1 N–H and O–H groups in total. The third-order valence-corrected chi connectivity index (χ3v) is 7.12. The number of hydrogen-bond donors (Lipinski definition) is 1. The number of phenolic OH excluding ortho intramolecular Hbond substituents is 1. The molecule has 10 heteroatoms. The number of rotatable bonds is 5. The lowest BCUT2D eigenvalue weighted by Gasteiger charge is -2.34. The number of halogens is 1. The summed E-state index contributed by atoms with van der Waals surface area (Å²) in [6.07, 6.45) is 0. The van der Waals surface area contributed by atoms with Crippen LogP contribution in [0.1, 0.15) is 10.4 Å². The molecule has 1 aliphatic heterocycles. The van der Waals surface area contributed by atoms with Crippen molar-refractivity contribution in [2.75, 3.05) is 40.4 Å². The summed E-state index contributed by atoms with van der Waals surface area (Å²) >= 11 is 3.28. The molecule has 29 heavy (non-hydrogen) atoms. The number of carbonyl (C=O) groups is 1. The average molecular weight is 485 g/mol. The Labute approximate surface area is 177 Å². The number of ether oxygens (including phenoxy) is 2. The number of amides is 1. The molecule has 8 nitrogen and oxygen atoms in total. The van der Waals surface area contributed by atoms with Gasteiger partial charge in [0.1, 0.15) is 22.1 Å². The molecule has 0 radical (unpaired) electrons. The van der Waals surface area contributed by atoms with Crippen molar-refractivity contribution in [3.63, 3.8) is 0 Å². The van der Waals surface area contributed by atoms with Crippen molar-refractivity contribution in [2.24, 2.45) is 0 Å². The van der Waals surface area contributed by atoms with E-state index in [9.17, 15) is 18.3 Å². The highest BCUT2D eigenvalue weighted by atomic mass is 79.9. The maximum Gasteiger partial charge on any atom is 0.257 e. The highest BCUT2D eigenvalue weighted by molar-refractivity contribution is 9.10. The largest absolute Gasteiger partial charge is 0.507 e. The third kappa shape index (κ3) is 4.34. The fourth-order valence-electron chi connectivity index (χ4n) is 3.11. The Bertz CT molecular complexity index is 1020. The first-order chi connectivity index (χ1) is 13.8. The van der Waals surface area contributed by atoms with E-state index < -0.39 is 10.0 Å². The summed E-state index contributed by atoms with van der Waals surface area (Å²) in [4.78, 5) is 14.3. The molecule has 0 atom stereocenters. The molecule has 0 bridgehead atoms. The van der Waals surface area contributed by atoms with Gasteiger partial charge >= 0.3 is 0 Å². The van der Waals surface area contributed by atoms with E-state index in [1.807, 2.05) is 0 Å². The van der Waals surface area contributed by atoms with Crippen LogP contribution >= 0.6 is 15.9 Å². The van der Waals surface area contributed by atoms with E-state index in [1.54, 1.807) is 24.3 Å². The predicted molar refractivity (Wildman–Crippen MR) is 110 cm³/mol. The molecule has 1 amide bonds. The summed E-state index contributed by atoms with van der Waals surface area (Å²) in [5.41, 5.74) is 0.171. The SMILES string of the molecule is COc1ccc(OC)c(S(=O)(=O)N2CCN(C(=O)c3cc(Br)ccc3O)CC2)c1. The van der Waals surface area contributed by atoms with Gasteiger partial charge in [-0.2, -0.15) is 4.31 Å². The maximum atomic E-state index is 13.1. The highest BCUT2D eigenvalue weighted by Gasteiger charge is 2.33. The number of sulfonamides is 1. The van der Waals surface area contributed by atoms with E-state index >= 15 is 0 Å². The number of methoxy groups -OCH3 is 2. The van der Waals surface area contributed by atoms with Crippen LogP contribution in [0.2, 0.25) is 0 Å². The highest BCUT2D eigenvalue weighted by Crippen LogP contribution is 2.31. The molecule has 3 rings (SSSR count). The van der Waals surface area contributed by atoms with Crippen LogP contribution in [-0.2, 0) is 10.0 Å². The molecule has 156 valence electrons. The lowest BCUT2D eigenvalue weighted by molar-refractivity contribution is 0.0694. The molecule has 0 aliphatic carbocycles. The van der Waals surface area contributed by atoms with E-state index in [4.69, 9.17) is 9.47 Å². The Morgan fingerprint density at radius 3 is 2.34 bits per heavy atom. The number of benzene rings is 2. The minimum atomic E-state index is -3.83. The number of carbonyl (C=O) groups excluding carboxylic acids is 1. The van der Waals surface area contributed by atoms with Crippen LogP contribution in [-0.4, -0.2) is 69.0 Å². The van der Waals surface area contributed by atoms with E-state index in [-0.39, 0.29) is 54.0 Å². The fraction of sp³-hybridized carbons (Fsp3) is 0.316. The van der Waals surface area contributed by atoms with Gasteiger partial charge in [-0.1, -0.05) is 15.9 Å². The first kappa shape index (κ1) is 21.4. The standard InChI is InChI=1S/C19H21BrN2O6S/c1-27-14-4-6-17(28-2)18(12-14)29(25,26)22-9-7-21(8-10-22)19(24)15-11-13(20)3-5-16(15)23/h3-6,11-12,23H,7-10H2,1-2H3. The van der Waals surface area contributed by atoms with Gasteiger partial charge in [-0.15, -0.1) is 0 Å². The molecule has 2 aromatic rings. The second-order valence-electron chi connectivity index (χ2n) is 6.37. The number of piperazine rings is 1. The van der Waals surface area contributed by atoms with Gasteiger partial charge in [0.25, 0.3) is 5.91 Å². The first-order valence-electron chi connectivity index (χ1n) is 8.78. The Kier molecular flexibility index (Phi) is 6.35. The molecule has 1 heterocycles. The molecule has 0 saturated carbocycles. The van der Waals surface area contributed by atoms with Crippen molar-refractivity contribution in [3.05, 3.63) is 46.4 Å². The van der Waals surface area contributed by atoms with Crippen molar-refractivity contribution in [3.8, 4) is 17.2 Å². The predicted octanol–water partition coefficient (Wildman–Crippen LogP) is 2.32. The van der Waals surface area contributed by atoms with Crippen LogP contribution in [0.5, 0.6) is 17.2 Å². The van der Waals surface area contributed by atoms with Crippen LogP contribution in [0.25, 0.3) is 0 Å². The second kappa shape index (κ2) is 8.60. The molecule has 0 unspecified atom stereocenters. The van der Waals surface area contributed by atoms with E-state index in [0.717, 1.165) is 0 Å². The quantitative estimate of drug-likeness (QED) is 0.699. The molecule has 1 fully saturated rings. The summed E-state index contributed by atoms with van der Waals surface area (Å²) in [6.45, 7) is 0.666.